The molecule has 4 nitrogen and oxygen atoms in total. The first-order valence-electron chi connectivity index (χ1n) is 19.4. The smallest absolute Gasteiger partial charge is 0.263 e. The summed E-state index contributed by atoms with van der Waals surface area (Å²) in [6.45, 7) is 0. The van der Waals surface area contributed by atoms with E-state index in [1.54, 1.807) is 0 Å². The zero-order valence-corrected chi connectivity index (χ0v) is 30.9. The molecule has 0 saturated carbocycles. The van der Waals surface area contributed by atoms with Crippen LogP contribution in [0.4, 0.5) is 0 Å². The first-order chi connectivity index (χ1) is 28.2. The van der Waals surface area contributed by atoms with Crippen molar-refractivity contribution in [3.05, 3.63) is 227 Å². The fourth-order valence-corrected chi connectivity index (χ4v) is 8.65. The molecule has 0 radical (unpaired) electrons. The van der Waals surface area contributed by atoms with Crippen molar-refractivity contribution in [2.24, 2.45) is 0 Å². The van der Waals surface area contributed by atoms with Gasteiger partial charge in [0.15, 0.2) is 0 Å². The van der Waals surface area contributed by atoms with Crippen LogP contribution in [-0.2, 0) is 0 Å². The molecule has 1 N–H and O–H groups in total. The first kappa shape index (κ1) is 32.8. The third kappa shape index (κ3) is 5.53. The molecule has 268 valence electrons. The Morgan fingerprint density at radius 3 is 1.74 bits per heavy atom. The van der Waals surface area contributed by atoms with Gasteiger partial charge in [-0.25, -0.2) is 4.98 Å². The first-order valence-corrected chi connectivity index (χ1v) is 19.4. The number of allylic oxidation sites excluding steroid dienone is 2. The minimum atomic E-state index is -0.0218. The maximum atomic E-state index is 14.8. The fraction of sp³-hybridized carbons (Fsp3) is 0.0189. The maximum Gasteiger partial charge on any atom is 0.263 e. The molecule has 0 amide bonds. The van der Waals surface area contributed by atoms with Gasteiger partial charge in [0.25, 0.3) is 5.56 Å². The topological polar surface area (TPSA) is 46.4 Å². The molecule has 10 aromatic rings. The normalized spacial score (nSPS) is 14.2. The molecular formula is C53H35N3O. The Bertz CT molecular complexity index is 3200. The van der Waals surface area contributed by atoms with Gasteiger partial charge in [0.2, 0.25) is 0 Å². The number of rotatable bonds is 6. The molecule has 4 heterocycles. The highest BCUT2D eigenvalue weighted by molar-refractivity contribution is 6.24. The molecule has 0 bridgehead atoms. The molecular weight excluding hydrogens is 695 g/mol. The third-order valence-corrected chi connectivity index (χ3v) is 11.4. The molecule has 0 spiro atoms. The standard InChI is InChI=1S/C53H35N3O/c57-53-45-24-14-13-23-43(45)51-41(40-31-48(36-19-9-3-10-20-36)55-49(32-40)37-21-11-4-12-22-37)27-28-44-42-26-25-38(33-50(42)56(53)52(44)51)39-29-46(34-15-5-1-6-16-34)54-47(30-39)35-17-7-2-8-18-35/h1-33,46,54H. The van der Waals surface area contributed by atoms with Crippen molar-refractivity contribution in [1.82, 2.24) is 14.7 Å². The summed E-state index contributed by atoms with van der Waals surface area (Å²) in [5, 5.41) is 8.57. The van der Waals surface area contributed by atoms with Crippen molar-refractivity contribution in [1.29, 1.82) is 0 Å². The van der Waals surface area contributed by atoms with Crippen LogP contribution in [0, 0.1) is 0 Å². The van der Waals surface area contributed by atoms with Gasteiger partial charge >= 0.3 is 0 Å². The molecule has 1 atom stereocenters. The van der Waals surface area contributed by atoms with Crippen molar-refractivity contribution in [2.75, 3.05) is 0 Å². The Morgan fingerprint density at radius 2 is 1.07 bits per heavy atom. The van der Waals surface area contributed by atoms with E-state index in [-0.39, 0.29) is 11.6 Å². The van der Waals surface area contributed by atoms with E-state index in [2.05, 4.69) is 169 Å². The number of fused-ring (bicyclic) bond motifs is 5. The number of pyridine rings is 2. The lowest BCUT2D eigenvalue weighted by Crippen LogP contribution is -2.21. The average molecular weight is 730 g/mol. The summed E-state index contributed by atoms with van der Waals surface area (Å²) in [4.78, 5) is 19.9. The van der Waals surface area contributed by atoms with Crippen LogP contribution in [0.2, 0.25) is 0 Å². The molecule has 1 aliphatic heterocycles. The Labute approximate surface area is 329 Å². The van der Waals surface area contributed by atoms with E-state index in [1.165, 1.54) is 5.56 Å². The van der Waals surface area contributed by atoms with E-state index in [4.69, 9.17) is 4.98 Å². The molecule has 3 aromatic heterocycles. The van der Waals surface area contributed by atoms with Gasteiger partial charge in [0, 0.05) is 38.4 Å². The average Bonchev–Trinajstić information content (AvgIpc) is 3.63. The van der Waals surface area contributed by atoms with Crippen LogP contribution in [0.25, 0.3) is 82.9 Å². The van der Waals surface area contributed by atoms with Gasteiger partial charge in [0.05, 0.1) is 28.5 Å². The van der Waals surface area contributed by atoms with Crippen LogP contribution >= 0.6 is 0 Å². The van der Waals surface area contributed by atoms with Gasteiger partial charge in [-0.15, -0.1) is 0 Å². The van der Waals surface area contributed by atoms with E-state index in [9.17, 15) is 4.79 Å². The number of nitrogens with zero attached hydrogens (tertiary/aromatic N) is 2. The predicted octanol–water partition coefficient (Wildman–Crippen LogP) is 12.4. The Kier molecular flexibility index (Phi) is 7.68. The Balaban J connectivity index is 1.16. The second kappa shape index (κ2) is 13.3. The molecule has 7 aromatic carbocycles. The summed E-state index contributed by atoms with van der Waals surface area (Å²) < 4.78 is 1.96. The van der Waals surface area contributed by atoms with Crippen molar-refractivity contribution in [3.63, 3.8) is 0 Å². The van der Waals surface area contributed by atoms with Crippen LogP contribution in [-0.4, -0.2) is 9.38 Å². The molecule has 4 heteroatoms. The Morgan fingerprint density at radius 1 is 0.491 bits per heavy atom. The summed E-state index contributed by atoms with van der Waals surface area (Å²) in [6, 6.07) is 65.1. The zero-order chi connectivity index (χ0) is 37.9. The minimum absolute atomic E-state index is 0.0148. The highest BCUT2D eigenvalue weighted by Gasteiger charge is 2.23. The van der Waals surface area contributed by atoms with Gasteiger partial charge in [-0.2, -0.15) is 0 Å². The number of nitrogens with one attached hydrogen (secondary N) is 1. The van der Waals surface area contributed by atoms with E-state index < -0.39 is 0 Å². The van der Waals surface area contributed by atoms with Crippen LogP contribution in [0.1, 0.15) is 22.7 Å². The second-order valence-corrected chi connectivity index (χ2v) is 14.7. The monoisotopic (exact) mass is 729 g/mol. The predicted molar refractivity (Wildman–Crippen MR) is 236 cm³/mol. The molecule has 0 aliphatic carbocycles. The fourth-order valence-electron chi connectivity index (χ4n) is 8.65. The summed E-state index contributed by atoms with van der Waals surface area (Å²) in [5.74, 6) is 0. The summed E-state index contributed by atoms with van der Waals surface area (Å²) >= 11 is 0. The lowest BCUT2D eigenvalue weighted by Gasteiger charge is -2.25. The van der Waals surface area contributed by atoms with Crippen LogP contribution in [0.15, 0.2) is 205 Å². The van der Waals surface area contributed by atoms with Crippen LogP contribution in [0.3, 0.4) is 0 Å². The van der Waals surface area contributed by atoms with Crippen molar-refractivity contribution in [2.45, 2.75) is 6.04 Å². The van der Waals surface area contributed by atoms with Gasteiger partial charge in [-0.3, -0.25) is 9.20 Å². The lowest BCUT2D eigenvalue weighted by molar-refractivity contribution is 0.767. The quantitative estimate of drug-likeness (QED) is 0.173. The van der Waals surface area contributed by atoms with Crippen LogP contribution in [0.5, 0.6) is 0 Å². The number of hydrogen-bond acceptors (Lipinski definition) is 3. The number of benzene rings is 7. The summed E-state index contributed by atoms with van der Waals surface area (Å²) in [6.07, 6.45) is 4.52. The van der Waals surface area contributed by atoms with Gasteiger partial charge in [-0.05, 0) is 75.2 Å². The molecule has 57 heavy (non-hydrogen) atoms. The van der Waals surface area contributed by atoms with Gasteiger partial charge in [-0.1, -0.05) is 164 Å². The molecule has 0 saturated heterocycles. The largest absolute Gasteiger partial charge is 0.374 e. The van der Waals surface area contributed by atoms with Crippen molar-refractivity contribution >= 4 is 49.2 Å². The molecule has 1 aliphatic rings. The number of aromatic nitrogens is 2. The number of hydrogen-bond donors (Lipinski definition) is 1. The SMILES string of the molecule is O=c1c2ccccc2c2c(-c3cc(-c4ccccc4)nc(-c4ccccc4)c3)ccc3c4ccc(C5=CC(c6ccccc6)NC(c6ccccc6)=C5)cc4n1c32. The molecule has 0 fully saturated rings. The highest BCUT2D eigenvalue weighted by atomic mass is 16.1. The van der Waals surface area contributed by atoms with Gasteiger partial charge in [0.1, 0.15) is 0 Å². The minimum Gasteiger partial charge on any atom is -0.374 e. The van der Waals surface area contributed by atoms with Crippen LogP contribution < -0.4 is 10.9 Å². The van der Waals surface area contributed by atoms with E-state index in [0.717, 1.165) is 88.6 Å². The second-order valence-electron chi connectivity index (χ2n) is 14.7. The van der Waals surface area contributed by atoms with Crippen molar-refractivity contribution in [3.8, 4) is 33.6 Å². The van der Waals surface area contributed by atoms with E-state index in [1.807, 2.05) is 40.8 Å². The molecule has 1 unspecified atom stereocenters. The van der Waals surface area contributed by atoms with Crippen molar-refractivity contribution < 1.29 is 0 Å². The summed E-state index contributed by atoms with van der Waals surface area (Å²) in [5.41, 5.74) is 13.4. The third-order valence-electron chi connectivity index (χ3n) is 11.4. The highest BCUT2D eigenvalue weighted by Crippen LogP contribution is 2.42. The zero-order valence-electron chi connectivity index (χ0n) is 30.9. The summed E-state index contributed by atoms with van der Waals surface area (Å²) in [7, 11) is 0. The number of dihydropyridines is 1. The van der Waals surface area contributed by atoms with E-state index >= 15 is 0 Å². The molecule has 11 rings (SSSR count). The van der Waals surface area contributed by atoms with E-state index in [0.29, 0.717) is 5.39 Å². The Hall–Kier alpha value is -7.56. The van der Waals surface area contributed by atoms with Gasteiger partial charge < -0.3 is 5.32 Å². The maximum absolute atomic E-state index is 14.8. The lowest BCUT2D eigenvalue weighted by atomic mass is 9.92.